The maximum absolute atomic E-state index is 4.89. The molecule has 2 saturated heterocycles. The summed E-state index contributed by atoms with van der Waals surface area (Å²) < 4.78 is 0. The minimum absolute atomic E-state index is 0.746. The van der Waals surface area contributed by atoms with E-state index in [4.69, 9.17) is 9.97 Å². The Morgan fingerprint density at radius 3 is 2.46 bits per heavy atom. The molecule has 0 aliphatic carbocycles. The Morgan fingerprint density at radius 2 is 1.81 bits per heavy atom. The molecule has 4 heterocycles. The molecule has 0 bridgehead atoms. The number of aromatic nitrogens is 3. The molecule has 2 aliphatic heterocycles. The number of hydrogen-bond acceptors (Lipinski definition) is 5. The minimum Gasteiger partial charge on any atom is -0.356 e. The highest BCUT2D eigenvalue weighted by Gasteiger charge is 2.30. The first-order valence-corrected chi connectivity index (χ1v) is 10.0. The minimum atomic E-state index is 0.746. The molecule has 0 spiro atoms. The van der Waals surface area contributed by atoms with Gasteiger partial charge in [0.15, 0.2) is 5.82 Å². The molecular weight excluding hydrogens is 322 g/mol. The third-order valence-electron chi connectivity index (χ3n) is 5.93. The first-order chi connectivity index (χ1) is 12.7. The van der Waals surface area contributed by atoms with Gasteiger partial charge in [0.25, 0.3) is 0 Å². The normalized spacial score (nSPS) is 22.1. The van der Waals surface area contributed by atoms with Crippen LogP contribution in [-0.4, -0.2) is 51.6 Å². The molecule has 2 fully saturated rings. The highest BCUT2D eigenvalue weighted by Crippen LogP contribution is 2.28. The smallest absolute Gasteiger partial charge is 0.161 e. The van der Waals surface area contributed by atoms with Crippen LogP contribution in [0.3, 0.4) is 0 Å². The Kier molecular flexibility index (Phi) is 5.16. The second-order valence-electron chi connectivity index (χ2n) is 7.58. The molecule has 0 amide bonds. The molecule has 0 radical (unpaired) electrons. The predicted octanol–water partition coefficient (Wildman–Crippen LogP) is 3.55. The zero-order valence-electron chi connectivity index (χ0n) is 15.9. The van der Waals surface area contributed by atoms with Gasteiger partial charge in [-0.05, 0) is 57.7 Å². The molecule has 1 unspecified atom stereocenters. The second-order valence-corrected chi connectivity index (χ2v) is 7.58. The van der Waals surface area contributed by atoms with Crippen LogP contribution in [0.15, 0.2) is 30.6 Å². The van der Waals surface area contributed by atoms with Crippen LogP contribution in [-0.2, 0) is 6.42 Å². The summed E-state index contributed by atoms with van der Waals surface area (Å²) in [5.41, 5.74) is 2.15. The average molecular weight is 351 g/mol. The van der Waals surface area contributed by atoms with Crippen LogP contribution < -0.4 is 4.90 Å². The van der Waals surface area contributed by atoms with Gasteiger partial charge in [-0.2, -0.15) is 0 Å². The van der Waals surface area contributed by atoms with Crippen LogP contribution in [0.1, 0.15) is 45.2 Å². The van der Waals surface area contributed by atoms with Crippen molar-refractivity contribution in [3.63, 3.8) is 0 Å². The Balaban J connectivity index is 1.51. The van der Waals surface area contributed by atoms with E-state index in [1.807, 2.05) is 12.1 Å². The standard InChI is InChI=1S/C21H29N5/c1-3-18-15-20(24-21(23-18)17-6-10-22-11-7-17)25-13-8-19(9-14-25)26-12-4-5-16(26)2/h6-7,10-11,15-16,19H,3-5,8-9,12-14H2,1-2H3. The van der Waals surface area contributed by atoms with Gasteiger partial charge in [-0.15, -0.1) is 0 Å². The lowest BCUT2D eigenvalue weighted by Crippen LogP contribution is -2.46. The highest BCUT2D eigenvalue weighted by atomic mass is 15.3. The van der Waals surface area contributed by atoms with Gasteiger partial charge in [-0.3, -0.25) is 9.88 Å². The number of likely N-dealkylation sites (tertiary alicyclic amines) is 1. The zero-order valence-corrected chi connectivity index (χ0v) is 15.9. The SMILES string of the molecule is CCc1cc(N2CCC(N3CCCC3C)CC2)nc(-c2ccncc2)n1. The van der Waals surface area contributed by atoms with E-state index in [1.54, 1.807) is 12.4 Å². The highest BCUT2D eigenvalue weighted by molar-refractivity contribution is 5.57. The van der Waals surface area contributed by atoms with E-state index >= 15 is 0 Å². The molecule has 1 atom stereocenters. The molecule has 138 valence electrons. The molecule has 2 aromatic rings. The number of hydrogen-bond donors (Lipinski definition) is 0. The van der Waals surface area contributed by atoms with Crippen molar-refractivity contribution in [1.82, 2.24) is 19.9 Å². The number of aryl methyl sites for hydroxylation is 1. The van der Waals surface area contributed by atoms with E-state index in [1.165, 1.54) is 32.2 Å². The van der Waals surface area contributed by atoms with Gasteiger partial charge >= 0.3 is 0 Å². The number of pyridine rings is 1. The molecule has 2 aliphatic rings. The van der Waals surface area contributed by atoms with Crippen molar-refractivity contribution in [2.45, 2.75) is 58.0 Å². The van der Waals surface area contributed by atoms with E-state index in [0.717, 1.165) is 54.5 Å². The summed E-state index contributed by atoms with van der Waals surface area (Å²) in [6, 6.07) is 7.65. The molecule has 0 saturated carbocycles. The van der Waals surface area contributed by atoms with Crippen LogP contribution >= 0.6 is 0 Å². The van der Waals surface area contributed by atoms with E-state index in [-0.39, 0.29) is 0 Å². The zero-order chi connectivity index (χ0) is 17.9. The summed E-state index contributed by atoms with van der Waals surface area (Å²) >= 11 is 0. The largest absolute Gasteiger partial charge is 0.356 e. The van der Waals surface area contributed by atoms with Gasteiger partial charge in [-0.1, -0.05) is 6.92 Å². The monoisotopic (exact) mass is 351 g/mol. The van der Waals surface area contributed by atoms with Crippen LogP contribution in [0.25, 0.3) is 11.4 Å². The summed E-state index contributed by atoms with van der Waals surface area (Å²) in [5.74, 6) is 1.90. The van der Waals surface area contributed by atoms with Crippen molar-refractivity contribution in [1.29, 1.82) is 0 Å². The van der Waals surface area contributed by atoms with Gasteiger partial charge in [0.05, 0.1) is 0 Å². The first kappa shape index (κ1) is 17.4. The van der Waals surface area contributed by atoms with E-state index in [0.29, 0.717) is 0 Å². The molecule has 0 N–H and O–H groups in total. The van der Waals surface area contributed by atoms with Crippen LogP contribution in [0, 0.1) is 0 Å². The van der Waals surface area contributed by atoms with Crippen molar-refractivity contribution < 1.29 is 0 Å². The molecule has 26 heavy (non-hydrogen) atoms. The van der Waals surface area contributed by atoms with Crippen molar-refractivity contribution >= 4 is 5.82 Å². The van der Waals surface area contributed by atoms with Gasteiger partial charge in [0, 0.05) is 54.9 Å². The fraction of sp³-hybridized carbons (Fsp3) is 0.571. The average Bonchev–Trinajstić information content (AvgIpc) is 3.14. The first-order valence-electron chi connectivity index (χ1n) is 10.0. The third-order valence-corrected chi connectivity index (χ3v) is 5.93. The summed E-state index contributed by atoms with van der Waals surface area (Å²) in [5, 5.41) is 0. The Morgan fingerprint density at radius 1 is 1.04 bits per heavy atom. The summed E-state index contributed by atoms with van der Waals surface area (Å²) in [7, 11) is 0. The van der Waals surface area contributed by atoms with E-state index in [2.05, 4.69) is 34.7 Å². The number of nitrogens with zero attached hydrogens (tertiary/aromatic N) is 5. The van der Waals surface area contributed by atoms with Crippen LogP contribution in [0.2, 0.25) is 0 Å². The molecule has 5 heteroatoms. The number of piperidine rings is 1. The number of rotatable bonds is 4. The predicted molar refractivity (Wildman–Crippen MR) is 105 cm³/mol. The summed E-state index contributed by atoms with van der Waals surface area (Å²) in [4.78, 5) is 18.9. The Hall–Kier alpha value is -2.01. The van der Waals surface area contributed by atoms with Crippen molar-refractivity contribution in [2.75, 3.05) is 24.5 Å². The quantitative estimate of drug-likeness (QED) is 0.843. The summed E-state index contributed by atoms with van der Waals surface area (Å²) in [6.45, 7) is 8.00. The van der Waals surface area contributed by atoms with E-state index < -0.39 is 0 Å². The molecule has 5 nitrogen and oxygen atoms in total. The van der Waals surface area contributed by atoms with Gasteiger partial charge < -0.3 is 4.90 Å². The fourth-order valence-electron chi connectivity index (χ4n) is 4.38. The van der Waals surface area contributed by atoms with E-state index in [9.17, 15) is 0 Å². The molecular formula is C21H29N5. The Bertz CT molecular complexity index is 724. The second kappa shape index (κ2) is 7.70. The molecule has 4 rings (SSSR count). The molecule has 0 aromatic carbocycles. The number of anilines is 1. The lowest BCUT2D eigenvalue weighted by Gasteiger charge is -2.39. The Labute approximate surface area is 156 Å². The third kappa shape index (κ3) is 3.58. The fourth-order valence-corrected chi connectivity index (χ4v) is 4.38. The topological polar surface area (TPSA) is 45.2 Å². The maximum atomic E-state index is 4.89. The van der Waals surface area contributed by atoms with Crippen molar-refractivity contribution in [3.05, 3.63) is 36.3 Å². The van der Waals surface area contributed by atoms with Gasteiger partial charge in [0.1, 0.15) is 5.82 Å². The molecule has 2 aromatic heterocycles. The van der Waals surface area contributed by atoms with Crippen LogP contribution in [0.4, 0.5) is 5.82 Å². The summed E-state index contributed by atoms with van der Waals surface area (Å²) in [6.07, 6.45) is 9.74. The maximum Gasteiger partial charge on any atom is 0.161 e. The van der Waals surface area contributed by atoms with Crippen molar-refractivity contribution in [3.8, 4) is 11.4 Å². The lowest BCUT2D eigenvalue weighted by atomic mass is 10.0. The van der Waals surface area contributed by atoms with Gasteiger partial charge in [-0.25, -0.2) is 9.97 Å². The van der Waals surface area contributed by atoms with Crippen LogP contribution in [0.5, 0.6) is 0 Å². The van der Waals surface area contributed by atoms with Crippen molar-refractivity contribution in [2.24, 2.45) is 0 Å². The van der Waals surface area contributed by atoms with Gasteiger partial charge in [0.2, 0.25) is 0 Å². The lowest BCUT2D eigenvalue weighted by molar-refractivity contribution is 0.163.